The molecule has 2 aromatic rings. The molecule has 9 aliphatic heterocycles. The van der Waals surface area contributed by atoms with Gasteiger partial charge in [-0.1, -0.05) is 31.9 Å². The number of halogens is 2. The number of nitro groups is 4. The summed E-state index contributed by atoms with van der Waals surface area (Å²) in [5, 5.41) is 128. The van der Waals surface area contributed by atoms with Gasteiger partial charge in [-0.15, -0.1) is 25.5 Å². The van der Waals surface area contributed by atoms with Crippen LogP contribution in [0.4, 0.5) is 37.1 Å². The molecule has 56 heteroatoms. The molecule has 11 rings (SSSR count). The van der Waals surface area contributed by atoms with Crippen LogP contribution in [0.5, 0.6) is 11.5 Å². The summed E-state index contributed by atoms with van der Waals surface area (Å²) >= 11 is 6.56. The van der Waals surface area contributed by atoms with Gasteiger partial charge in [0.2, 0.25) is 22.1 Å². The number of piperazine rings is 9. The van der Waals surface area contributed by atoms with Crippen LogP contribution >= 0.6 is 31.9 Å². The molecular formula is C78H139Br2N30Na2O22-. The van der Waals surface area contributed by atoms with E-state index in [0.717, 1.165) is 198 Å². The maximum Gasteiger partial charge on any atom is 1.00 e. The standard InChI is InChI=1S/C23H28N12O12.C21H40N4O4.C11H23N8O3.C11H24N4.C9H18N2O2.C3H6Br2.2Na.H2O/c36-30(37)18-2-4-22(20(16-18)32(40)41)46-24-34(44)28-12-8-26(9-13-28)6-1-7-27-10-14-29(15-11-27)35(45)25-47-23-5-3-19(31(38)39)17-21(23)33(42)43;1-20(2,3)28-18(26)24-14-10-22(11-15-24)8-7-9-23-12-16-25(17-13-23)19(27)29-21(4,5)6;12-18(21)16-8-4-14(5-9-16)2-1-3-15-6-10-17(11-7-15)19(22)13-20;1(6-14-8-2-12-3-9-14)7-15-10-4-13-5-11-15;1-9(2,3)13-8(12)11-6-4-10-5-7-11;4-2-1-3-5;;;/h2-5,16-17H,1,6-15H2;7-17H2,1-6H3;20H,1-11H2;12-13H,1-11H2;10H,4-7H2,1-3H3;1-3H2;;;1H2/q;;-1;;;;2*+1;/p-2/b34-24-,35-25-;;19-13-;;;;;;. The predicted molar refractivity (Wildman–Crippen MR) is 492 cm³/mol. The fourth-order valence-corrected chi connectivity index (χ4v) is 16.0. The van der Waals surface area contributed by atoms with E-state index in [1.54, 1.807) is 14.7 Å². The molecule has 52 nitrogen and oxygen atoms in total. The Bertz CT molecular complexity index is 3710. The molecule has 0 atom stereocenters. The first kappa shape index (κ1) is 121. The number of non-ortho nitro benzene ring substituents is 2. The number of amides is 3. The monoisotopic (exact) mass is 2050 g/mol. The van der Waals surface area contributed by atoms with E-state index in [4.69, 9.17) is 29.4 Å². The Kier molecular flexibility index (Phi) is 57.6. The summed E-state index contributed by atoms with van der Waals surface area (Å²) in [5.74, 6) is -0.833. The van der Waals surface area contributed by atoms with Gasteiger partial charge in [0, 0.05) is 224 Å². The van der Waals surface area contributed by atoms with Crippen LogP contribution in [-0.2, 0) is 14.2 Å². The van der Waals surface area contributed by atoms with Gasteiger partial charge in [0.05, 0.1) is 81.0 Å². The molecule has 134 heavy (non-hydrogen) atoms. The van der Waals surface area contributed by atoms with E-state index in [9.17, 15) is 80.9 Å². The van der Waals surface area contributed by atoms with Crippen LogP contribution in [-0.4, -0.2) is 453 Å². The molecule has 0 unspecified atom stereocenters. The Morgan fingerprint density at radius 2 is 0.597 bits per heavy atom. The molecule has 9 aliphatic rings. The maximum atomic E-state index is 12.4. The van der Waals surface area contributed by atoms with E-state index < -0.39 is 65.1 Å². The molecule has 4 N–H and O–H groups in total. The molecule has 0 spiro atoms. The van der Waals surface area contributed by atoms with Crippen LogP contribution < -0.4 is 84.7 Å². The molecule has 0 bridgehead atoms. The predicted octanol–water partition coefficient (Wildman–Crippen LogP) is -0.0856. The zero-order valence-corrected chi connectivity index (χ0v) is 87.0. The number of carbonyl (C=O) groups excluding carboxylic acids is 3. The Morgan fingerprint density at radius 3 is 0.828 bits per heavy atom. The van der Waals surface area contributed by atoms with Gasteiger partial charge in [-0.25, -0.2) is 14.4 Å². The Hall–Kier alpha value is -7.47. The summed E-state index contributed by atoms with van der Waals surface area (Å²) in [5.41, 5.74) is 5.12. The van der Waals surface area contributed by atoms with Crippen molar-refractivity contribution in [3.8, 4) is 11.5 Å². The molecule has 0 radical (unpaired) electrons. The van der Waals surface area contributed by atoms with E-state index >= 15 is 0 Å². The van der Waals surface area contributed by atoms with Gasteiger partial charge >= 0.3 is 88.8 Å². The van der Waals surface area contributed by atoms with Crippen molar-refractivity contribution in [2.24, 2.45) is 15.8 Å². The number of hydrogen-bond acceptors (Lipinski definition) is 36. The first-order valence-electron chi connectivity index (χ1n) is 44.8. The van der Waals surface area contributed by atoms with Crippen LogP contribution in [0.2, 0.25) is 0 Å². The molecule has 0 aromatic heterocycles. The third kappa shape index (κ3) is 47.7. The van der Waals surface area contributed by atoms with Gasteiger partial charge in [0.15, 0.2) is 0 Å². The Balaban J connectivity index is 0.000000455. The van der Waals surface area contributed by atoms with E-state index in [1.165, 1.54) is 98.3 Å². The summed E-state index contributed by atoms with van der Waals surface area (Å²) in [6.07, 6.45) is 4.84. The summed E-state index contributed by atoms with van der Waals surface area (Å²) in [6, 6.07) is 5.41. The number of nitrogens with one attached hydrogen (secondary N) is 3. The van der Waals surface area contributed by atoms with Crippen molar-refractivity contribution in [1.29, 1.82) is 0 Å². The van der Waals surface area contributed by atoms with E-state index in [0.29, 0.717) is 90.7 Å². The molecule has 2 aromatic carbocycles. The van der Waals surface area contributed by atoms with E-state index in [2.05, 4.69) is 103 Å². The maximum absolute atomic E-state index is 12.4. The summed E-state index contributed by atoms with van der Waals surface area (Å²) in [7, 11) is 0. The van der Waals surface area contributed by atoms with Crippen molar-refractivity contribution >= 4 is 72.9 Å². The number of ether oxygens (including phenoxy) is 3. The van der Waals surface area contributed by atoms with Gasteiger partial charge in [0.25, 0.3) is 11.4 Å². The van der Waals surface area contributed by atoms with Crippen LogP contribution in [0, 0.1) is 66.5 Å². The molecule has 0 aliphatic carbocycles. The molecule has 0 saturated carbocycles. The summed E-state index contributed by atoms with van der Waals surface area (Å²) in [4.78, 5) is 111. The zero-order valence-electron chi connectivity index (χ0n) is 79.9. The second-order valence-electron chi connectivity index (χ2n) is 35.1. The first-order chi connectivity index (χ1) is 62.3. The average Bonchev–Trinajstić information content (AvgIpc) is 0.836. The number of hydrazine groups is 4. The molecule has 750 valence electrons. The van der Waals surface area contributed by atoms with Crippen molar-refractivity contribution in [2.75, 3.05) is 299 Å². The molecule has 3 amide bonds. The van der Waals surface area contributed by atoms with E-state index in [1.807, 2.05) is 62.3 Å². The number of alkyl halides is 2. The van der Waals surface area contributed by atoms with Crippen LogP contribution in [0.15, 0.2) is 52.2 Å². The third-order valence-electron chi connectivity index (χ3n) is 21.8. The number of rotatable bonds is 30. The molecule has 9 heterocycles. The molecule has 9 fully saturated rings. The number of hydrogen-bond donors (Lipinski definition) is 3. The Morgan fingerprint density at radius 1 is 0.358 bits per heavy atom. The quantitative estimate of drug-likeness (QED) is 0.0175. The van der Waals surface area contributed by atoms with Gasteiger partial charge in [-0.3, -0.25) is 79.6 Å². The second kappa shape index (κ2) is 63.9. The average molecular weight is 2050 g/mol. The third-order valence-corrected chi connectivity index (χ3v) is 23.0. The van der Waals surface area contributed by atoms with Gasteiger partial charge in [-0.05, 0) is 164 Å². The number of nitro benzene ring substituents is 4. The largest absolute Gasteiger partial charge is 1.00 e. The fraction of sp³-hybridized carbons (Fsp3) is 0.808. The fourth-order valence-electron chi connectivity index (χ4n) is 14.6. The summed E-state index contributed by atoms with van der Waals surface area (Å²) in [6.45, 7) is 52.9. The molecular weight excluding hydrogens is 1910 g/mol. The van der Waals surface area contributed by atoms with Gasteiger partial charge in [-0.2, -0.15) is 0 Å². The minimum absolute atomic E-state index is 0. The van der Waals surface area contributed by atoms with E-state index in [-0.39, 0.29) is 108 Å². The number of benzene rings is 2. The van der Waals surface area contributed by atoms with Crippen molar-refractivity contribution in [3.05, 3.63) is 108 Å². The molecule has 9 saturated heterocycles. The van der Waals surface area contributed by atoms with Crippen LogP contribution in [0.1, 0.15) is 94.4 Å². The normalized spacial score (nSPS) is 18.7. The van der Waals surface area contributed by atoms with Crippen molar-refractivity contribution in [3.63, 3.8) is 0 Å². The first-order valence-corrected chi connectivity index (χ1v) is 47.0. The van der Waals surface area contributed by atoms with Crippen molar-refractivity contribution in [2.45, 2.75) is 111 Å². The Labute approximate surface area is 844 Å². The number of nitrogens with zero attached hydrogens (tertiary/aromatic N) is 27. The second-order valence-corrected chi connectivity index (χ2v) is 36.7. The van der Waals surface area contributed by atoms with Crippen molar-refractivity contribution < 1.29 is 142 Å². The SMILES string of the molecule is BrCCCBr.C(CN1CCNCC1)CN1CCNCC1.CC(C)(C)OC(=O)N1CCN(CCCN2CCN(C(=O)OC(C)(C)C)CC2)CC1.CC(C)(C)OC(=O)N1CCNCC1.O=[N+]([O-])c1ccc(O/N=[N+](\[O-])N2CCN(CCCN3CCN(/[N+]([O-])=N/Oc4ccc([N+](=O)[O-])cc4[N+](=O)[O-])CC3)CC2)c([N+](=O)[O-])c1.[N-]=[N+]([O-])N1CCN(CCCN2CCN(/[N+]([O-])=N/[O-])CC2)CC1.[Na+].[Na+].[OH-]. The zero-order chi connectivity index (χ0) is 96.1. The minimum Gasteiger partial charge on any atom is -0.870 e. The van der Waals surface area contributed by atoms with Crippen molar-refractivity contribution in [1.82, 2.24) is 89.9 Å². The minimum atomic E-state index is -0.876. The summed E-state index contributed by atoms with van der Waals surface area (Å²) < 4.78 is 16.1. The topological polar surface area (TPSA) is 571 Å². The van der Waals surface area contributed by atoms with Crippen LogP contribution in [0.3, 0.4) is 0 Å². The van der Waals surface area contributed by atoms with Gasteiger partial charge < -0.3 is 91.1 Å². The number of carbonyl (C=O) groups is 3. The van der Waals surface area contributed by atoms with Gasteiger partial charge in [0.1, 0.15) is 16.8 Å². The smallest absolute Gasteiger partial charge is 0.870 e. The van der Waals surface area contributed by atoms with Crippen LogP contribution in [0.25, 0.3) is 5.53 Å².